The number of hydrogen-bond acceptors (Lipinski definition) is 4. The van der Waals surface area contributed by atoms with Gasteiger partial charge in [0, 0.05) is 24.0 Å². The van der Waals surface area contributed by atoms with Gasteiger partial charge in [-0.15, -0.1) is 11.3 Å². The van der Waals surface area contributed by atoms with Crippen LogP contribution >= 0.6 is 11.3 Å². The molecule has 0 saturated carbocycles. The van der Waals surface area contributed by atoms with Gasteiger partial charge >= 0.3 is 0 Å². The zero-order valence-electron chi connectivity index (χ0n) is 11.9. The van der Waals surface area contributed by atoms with Gasteiger partial charge in [0.15, 0.2) is 0 Å². The lowest BCUT2D eigenvalue weighted by Gasteiger charge is -2.06. The van der Waals surface area contributed by atoms with E-state index in [9.17, 15) is 9.18 Å². The molecule has 0 fully saturated rings. The van der Waals surface area contributed by atoms with Crippen LogP contribution in [0.25, 0.3) is 0 Å². The summed E-state index contributed by atoms with van der Waals surface area (Å²) in [6, 6.07) is 6.41. The Morgan fingerprint density at radius 2 is 2.14 bits per heavy atom. The van der Waals surface area contributed by atoms with Crippen LogP contribution < -0.4 is 10.6 Å². The minimum atomic E-state index is -0.305. The lowest BCUT2D eigenvalue weighted by Crippen LogP contribution is -2.33. The maximum Gasteiger partial charge on any atom is 0.234 e. The minimum absolute atomic E-state index is 0.162. The number of nitrogens with one attached hydrogen (secondary N) is 2. The van der Waals surface area contributed by atoms with Crippen molar-refractivity contribution < 1.29 is 9.18 Å². The number of aryl methyl sites for hydroxylation is 1. The Labute approximate surface area is 127 Å². The molecule has 0 unspecified atom stereocenters. The second-order valence-corrected chi connectivity index (χ2v) is 5.50. The first kappa shape index (κ1) is 15.6. The van der Waals surface area contributed by atoms with E-state index in [4.69, 9.17) is 0 Å². The highest BCUT2D eigenvalue weighted by molar-refractivity contribution is 7.09. The van der Waals surface area contributed by atoms with Gasteiger partial charge in [0.25, 0.3) is 0 Å². The molecule has 4 nitrogen and oxygen atoms in total. The first-order chi connectivity index (χ1) is 10.2. The molecular weight excluding hydrogens is 289 g/mol. The van der Waals surface area contributed by atoms with Crippen LogP contribution in [0.4, 0.5) is 4.39 Å². The summed E-state index contributed by atoms with van der Waals surface area (Å²) in [5.41, 5.74) is 1.55. The van der Waals surface area contributed by atoms with Crippen LogP contribution in [0, 0.1) is 5.82 Å². The fourth-order valence-electron chi connectivity index (χ4n) is 1.77. The standard InChI is InChI=1S/C15H18FN3OS/c1-2-12-10-21-15(19-12)9-17-8-14(20)18-7-11-5-3-4-6-13(11)16/h3-6,10,17H,2,7-9H2,1H3,(H,18,20). The van der Waals surface area contributed by atoms with Gasteiger partial charge in [-0.3, -0.25) is 4.79 Å². The van der Waals surface area contributed by atoms with Crippen LogP contribution in [0.2, 0.25) is 0 Å². The summed E-state index contributed by atoms with van der Waals surface area (Å²) in [5, 5.41) is 8.71. The monoisotopic (exact) mass is 307 g/mol. The second kappa shape index (κ2) is 7.85. The number of hydrogen-bond donors (Lipinski definition) is 2. The zero-order chi connectivity index (χ0) is 15.1. The van der Waals surface area contributed by atoms with Crippen molar-refractivity contribution in [2.45, 2.75) is 26.4 Å². The van der Waals surface area contributed by atoms with Gasteiger partial charge < -0.3 is 10.6 Å². The highest BCUT2D eigenvalue weighted by atomic mass is 32.1. The van der Waals surface area contributed by atoms with Crippen LogP contribution in [0.5, 0.6) is 0 Å². The number of carbonyl (C=O) groups excluding carboxylic acids is 1. The average Bonchev–Trinajstić information content (AvgIpc) is 2.94. The lowest BCUT2D eigenvalue weighted by molar-refractivity contribution is -0.120. The smallest absolute Gasteiger partial charge is 0.234 e. The van der Waals surface area contributed by atoms with E-state index >= 15 is 0 Å². The summed E-state index contributed by atoms with van der Waals surface area (Å²) >= 11 is 1.58. The molecule has 112 valence electrons. The number of carbonyl (C=O) groups is 1. The van der Waals surface area contributed by atoms with Gasteiger partial charge in [-0.25, -0.2) is 9.37 Å². The van der Waals surface area contributed by atoms with Gasteiger partial charge in [0.1, 0.15) is 10.8 Å². The minimum Gasteiger partial charge on any atom is -0.351 e. The predicted octanol–water partition coefficient (Wildman–Crippen LogP) is 2.25. The maximum absolute atomic E-state index is 13.4. The topological polar surface area (TPSA) is 54.0 Å². The number of halogens is 1. The first-order valence-corrected chi connectivity index (χ1v) is 7.71. The number of rotatable bonds is 7. The summed E-state index contributed by atoms with van der Waals surface area (Å²) in [7, 11) is 0. The van der Waals surface area contributed by atoms with Crippen molar-refractivity contribution in [1.29, 1.82) is 0 Å². The van der Waals surface area contributed by atoms with Crippen LogP contribution in [-0.2, 0) is 24.3 Å². The molecule has 1 aromatic carbocycles. The average molecular weight is 307 g/mol. The highest BCUT2D eigenvalue weighted by Crippen LogP contribution is 2.09. The van der Waals surface area contributed by atoms with Crippen molar-refractivity contribution in [3.63, 3.8) is 0 Å². The third kappa shape index (κ3) is 4.91. The van der Waals surface area contributed by atoms with E-state index in [0.717, 1.165) is 17.1 Å². The molecule has 0 aliphatic heterocycles. The summed E-state index contributed by atoms with van der Waals surface area (Å²) in [4.78, 5) is 16.1. The Balaban J connectivity index is 1.69. The van der Waals surface area contributed by atoms with Gasteiger partial charge in [-0.2, -0.15) is 0 Å². The lowest BCUT2D eigenvalue weighted by atomic mass is 10.2. The fraction of sp³-hybridized carbons (Fsp3) is 0.333. The molecule has 0 spiro atoms. The molecule has 1 heterocycles. The normalized spacial score (nSPS) is 10.6. The fourth-order valence-corrected chi connectivity index (χ4v) is 2.62. The molecule has 2 rings (SSSR count). The van der Waals surface area contributed by atoms with Gasteiger partial charge in [0.05, 0.1) is 12.2 Å². The summed E-state index contributed by atoms with van der Waals surface area (Å²) in [6.07, 6.45) is 0.916. The zero-order valence-corrected chi connectivity index (χ0v) is 12.7. The Hall–Kier alpha value is -1.79. The van der Waals surface area contributed by atoms with Crippen LogP contribution in [0.1, 0.15) is 23.2 Å². The van der Waals surface area contributed by atoms with E-state index in [-0.39, 0.29) is 24.8 Å². The van der Waals surface area contributed by atoms with Crippen molar-refractivity contribution in [2.75, 3.05) is 6.54 Å². The van der Waals surface area contributed by atoms with Crippen LogP contribution in [0.3, 0.4) is 0 Å². The van der Waals surface area contributed by atoms with Crippen LogP contribution in [-0.4, -0.2) is 17.4 Å². The van der Waals surface area contributed by atoms with Crippen molar-refractivity contribution in [3.05, 3.63) is 51.7 Å². The van der Waals surface area contributed by atoms with Gasteiger partial charge in [0.2, 0.25) is 5.91 Å². The van der Waals surface area contributed by atoms with Gasteiger partial charge in [-0.1, -0.05) is 25.1 Å². The largest absolute Gasteiger partial charge is 0.351 e. The molecule has 0 saturated heterocycles. The van der Waals surface area contributed by atoms with E-state index in [0.29, 0.717) is 12.1 Å². The van der Waals surface area contributed by atoms with E-state index in [1.54, 1.807) is 29.5 Å². The van der Waals surface area contributed by atoms with E-state index < -0.39 is 0 Å². The number of thiazole rings is 1. The Kier molecular flexibility index (Phi) is 5.83. The molecule has 0 aliphatic carbocycles. The number of nitrogens with zero attached hydrogens (tertiary/aromatic N) is 1. The van der Waals surface area contributed by atoms with E-state index in [2.05, 4.69) is 22.5 Å². The molecule has 0 aliphatic rings. The molecule has 6 heteroatoms. The molecule has 0 atom stereocenters. The number of aromatic nitrogens is 1. The summed E-state index contributed by atoms with van der Waals surface area (Å²) in [5.74, 6) is -0.467. The molecule has 21 heavy (non-hydrogen) atoms. The molecule has 2 N–H and O–H groups in total. The molecule has 0 bridgehead atoms. The molecule has 1 aromatic heterocycles. The molecular formula is C15H18FN3OS. The quantitative estimate of drug-likeness (QED) is 0.825. The van der Waals surface area contributed by atoms with E-state index in [1.807, 2.05) is 5.38 Å². The van der Waals surface area contributed by atoms with Crippen molar-refractivity contribution >= 4 is 17.2 Å². The first-order valence-electron chi connectivity index (χ1n) is 6.83. The Bertz CT molecular complexity index is 600. The summed E-state index contributed by atoms with van der Waals surface area (Å²) < 4.78 is 13.4. The Morgan fingerprint density at radius 3 is 2.86 bits per heavy atom. The predicted molar refractivity (Wildman–Crippen MR) is 81.4 cm³/mol. The molecule has 2 aromatic rings. The maximum atomic E-state index is 13.4. The number of benzene rings is 1. The SMILES string of the molecule is CCc1csc(CNCC(=O)NCc2ccccc2F)n1. The van der Waals surface area contributed by atoms with Crippen molar-refractivity contribution in [1.82, 2.24) is 15.6 Å². The second-order valence-electron chi connectivity index (χ2n) is 4.56. The van der Waals surface area contributed by atoms with Gasteiger partial charge in [-0.05, 0) is 12.5 Å². The van der Waals surface area contributed by atoms with Crippen molar-refractivity contribution in [2.24, 2.45) is 0 Å². The molecule has 0 radical (unpaired) electrons. The third-order valence-corrected chi connectivity index (χ3v) is 3.85. The van der Waals surface area contributed by atoms with Crippen LogP contribution in [0.15, 0.2) is 29.6 Å². The highest BCUT2D eigenvalue weighted by Gasteiger charge is 2.05. The van der Waals surface area contributed by atoms with E-state index in [1.165, 1.54) is 6.07 Å². The Morgan fingerprint density at radius 1 is 1.33 bits per heavy atom. The number of amides is 1. The summed E-state index contributed by atoms with van der Waals surface area (Å²) in [6.45, 7) is 3.01. The third-order valence-electron chi connectivity index (χ3n) is 2.96. The molecule has 1 amide bonds. The van der Waals surface area contributed by atoms with Crippen molar-refractivity contribution in [3.8, 4) is 0 Å².